The SMILES string of the molecule is CC(C)(O)CCCOc1cc(C(F)(F)F)cc(COC(C)(C)CCCOc2cc(C(F)(F)F)c(Br)cn2)n1. The summed E-state index contributed by atoms with van der Waals surface area (Å²) in [6.45, 7) is 6.63. The Balaban J connectivity index is 1.93. The Morgan fingerprint density at radius 3 is 2.03 bits per heavy atom. The van der Waals surface area contributed by atoms with Crippen LogP contribution in [-0.2, 0) is 23.7 Å². The molecular weight excluding hydrogens is 586 g/mol. The normalized spacial score (nSPS) is 13.1. The zero-order valence-electron chi connectivity index (χ0n) is 21.5. The summed E-state index contributed by atoms with van der Waals surface area (Å²) in [5, 5.41) is 9.75. The van der Waals surface area contributed by atoms with Gasteiger partial charge in [-0.1, -0.05) is 0 Å². The summed E-state index contributed by atoms with van der Waals surface area (Å²) in [7, 11) is 0. The average molecular weight is 617 g/mol. The Morgan fingerprint density at radius 1 is 0.842 bits per heavy atom. The summed E-state index contributed by atoms with van der Waals surface area (Å²) in [5.41, 5.74) is -3.51. The molecule has 0 aliphatic heterocycles. The van der Waals surface area contributed by atoms with Gasteiger partial charge in [0, 0.05) is 22.8 Å². The zero-order chi connectivity index (χ0) is 28.8. The highest BCUT2D eigenvalue weighted by Crippen LogP contribution is 2.36. The van der Waals surface area contributed by atoms with Gasteiger partial charge < -0.3 is 19.3 Å². The average Bonchev–Trinajstić information content (AvgIpc) is 2.77. The van der Waals surface area contributed by atoms with Crippen LogP contribution in [0.1, 0.15) is 70.2 Å². The lowest BCUT2D eigenvalue weighted by atomic mass is 10.0. The van der Waals surface area contributed by atoms with E-state index in [0.29, 0.717) is 25.7 Å². The smallest absolute Gasteiger partial charge is 0.417 e. The first-order valence-electron chi connectivity index (χ1n) is 11.8. The summed E-state index contributed by atoms with van der Waals surface area (Å²) >= 11 is 2.81. The molecule has 0 amide bonds. The molecule has 0 saturated heterocycles. The molecule has 0 unspecified atom stereocenters. The van der Waals surface area contributed by atoms with Gasteiger partial charge in [0.05, 0.1) is 47.8 Å². The number of nitrogens with zero attached hydrogens (tertiary/aromatic N) is 2. The minimum absolute atomic E-state index is 0.0281. The third-order valence-electron chi connectivity index (χ3n) is 5.28. The molecule has 0 saturated carbocycles. The van der Waals surface area contributed by atoms with Crippen LogP contribution in [0.3, 0.4) is 0 Å². The number of alkyl halides is 6. The van der Waals surface area contributed by atoms with Crippen molar-refractivity contribution < 1.29 is 45.7 Å². The molecule has 2 heterocycles. The number of halogens is 7. The van der Waals surface area contributed by atoms with Gasteiger partial charge in [0.1, 0.15) is 0 Å². The van der Waals surface area contributed by atoms with Crippen LogP contribution < -0.4 is 9.47 Å². The molecule has 13 heteroatoms. The van der Waals surface area contributed by atoms with Crippen LogP contribution in [0.2, 0.25) is 0 Å². The van der Waals surface area contributed by atoms with Crippen LogP contribution in [0.4, 0.5) is 26.3 Å². The van der Waals surface area contributed by atoms with Crippen molar-refractivity contribution in [3.63, 3.8) is 0 Å². The first-order valence-corrected chi connectivity index (χ1v) is 12.6. The maximum absolute atomic E-state index is 13.4. The van der Waals surface area contributed by atoms with Crippen LogP contribution in [0.15, 0.2) is 28.9 Å². The van der Waals surface area contributed by atoms with Gasteiger partial charge in [-0.25, -0.2) is 9.97 Å². The molecule has 0 aromatic carbocycles. The lowest BCUT2D eigenvalue weighted by Crippen LogP contribution is -2.25. The van der Waals surface area contributed by atoms with Crippen LogP contribution in [0, 0.1) is 0 Å². The van der Waals surface area contributed by atoms with E-state index in [0.717, 1.165) is 24.4 Å². The van der Waals surface area contributed by atoms with E-state index in [1.807, 2.05) is 0 Å². The highest BCUT2D eigenvalue weighted by Gasteiger charge is 2.34. The van der Waals surface area contributed by atoms with Crippen LogP contribution in [-0.4, -0.2) is 39.5 Å². The number of hydrogen-bond acceptors (Lipinski definition) is 6. The molecule has 2 aromatic heterocycles. The summed E-state index contributed by atoms with van der Waals surface area (Å²) in [6, 6.07) is 2.51. The number of aliphatic hydroxyl groups is 1. The topological polar surface area (TPSA) is 73.7 Å². The quantitative estimate of drug-likeness (QED) is 0.187. The van der Waals surface area contributed by atoms with Gasteiger partial charge in [-0.15, -0.1) is 0 Å². The van der Waals surface area contributed by atoms with E-state index in [2.05, 4.69) is 25.9 Å². The van der Waals surface area contributed by atoms with E-state index in [-0.39, 0.29) is 41.7 Å². The third-order valence-corrected chi connectivity index (χ3v) is 5.92. The summed E-state index contributed by atoms with van der Waals surface area (Å²) in [4.78, 5) is 7.93. The fraction of sp³-hybridized carbons (Fsp3) is 0.600. The second-order valence-electron chi connectivity index (χ2n) is 9.95. The maximum Gasteiger partial charge on any atom is 0.417 e. The van der Waals surface area contributed by atoms with Crippen LogP contribution >= 0.6 is 15.9 Å². The lowest BCUT2D eigenvalue weighted by Gasteiger charge is -2.25. The van der Waals surface area contributed by atoms with E-state index >= 15 is 0 Å². The number of ether oxygens (including phenoxy) is 3. The van der Waals surface area contributed by atoms with Crippen molar-refractivity contribution in [1.82, 2.24) is 9.97 Å². The molecule has 0 radical (unpaired) electrons. The second kappa shape index (κ2) is 12.8. The Labute approximate surface area is 225 Å². The molecule has 2 aromatic rings. The third kappa shape index (κ3) is 11.3. The van der Waals surface area contributed by atoms with E-state index in [1.165, 1.54) is 0 Å². The molecule has 214 valence electrons. The van der Waals surface area contributed by atoms with Crippen molar-refractivity contribution in [3.8, 4) is 11.8 Å². The highest BCUT2D eigenvalue weighted by atomic mass is 79.9. The summed E-state index contributed by atoms with van der Waals surface area (Å²) < 4.78 is 95.5. The predicted molar refractivity (Wildman–Crippen MR) is 131 cm³/mol. The molecule has 0 spiro atoms. The van der Waals surface area contributed by atoms with Gasteiger partial charge in [0.15, 0.2) is 0 Å². The summed E-state index contributed by atoms with van der Waals surface area (Å²) in [6.07, 6.45) is -6.54. The van der Waals surface area contributed by atoms with Gasteiger partial charge in [0.25, 0.3) is 0 Å². The maximum atomic E-state index is 13.4. The second-order valence-corrected chi connectivity index (χ2v) is 10.8. The first kappa shape index (κ1) is 32.1. The molecule has 38 heavy (non-hydrogen) atoms. The predicted octanol–water partition coefficient (Wildman–Crippen LogP) is 7.36. The van der Waals surface area contributed by atoms with Gasteiger partial charge in [-0.3, -0.25) is 0 Å². The van der Waals surface area contributed by atoms with Crippen molar-refractivity contribution in [3.05, 3.63) is 45.7 Å². The first-order chi connectivity index (χ1) is 17.4. The highest BCUT2D eigenvalue weighted by molar-refractivity contribution is 9.10. The largest absolute Gasteiger partial charge is 0.478 e. The van der Waals surface area contributed by atoms with Crippen molar-refractivity contribution in [1.29, 1.82) is 0 Å². The van der Waals surface area contributed by atoms with Gasteiger partial charge >= 0.3 is 12.4 Å². The molecule has 0 aliphatic rings. The van der Waals surface area contributed by atoms with E-state index < -0.39 is 34.7 Å². The van der Waals surface area contributed by atoms with Gasteiger partial charge in [-0.05, 0) is 75.4 Å². The minimum Gasteiger partial charge on any atom is -0.478 e. The molecule has 1 N–H and O–H groups in total. The van der Waals surface area contributed by atoms with Gasteiger partial charge in [-0.2, -0.15) is 26.3 Å². The molecule has 2 rings (SSSR count). The monoisotopic (exact) mass is 616 g/mol. The minimum atomic E-state index is -4.61. The van der Waals surface area contributed by atoms with Crippen molar-refractivity contribution >= 4 is 15.9 Å². The Morgan fingerprint density at radius 2 is 1.45 bits per heavy atom. The van der Waals surface area contributed by atoms with Crippen LogP contribution in [0.5, 0.6) is 11.8 Å². The van der Waals surface area contributed by atoms with E-state index in [9.17, 15) is 31.4 Å². The fourth-order valence-electron chi connectivity index (χ4n) is 3.29. The molecule has 0 bridgehead atoms. The molecule has 6 nitrogen and oxygen atoms in total. The number of hydrogen-bond donors (Lipinski definition) is 1. The fourth-order valence-corrected chi connectivity index (χ4v) is 3.73. The van der Waals surface area contributed by atoms with Crippen molar-refractivity contribution in [2.45, 2.75) is 83.5 Å². The van der Waals surface area contributed by atoms with Crippen LogP contribution in [0.25, 0.3) is 0 Å². The van der Waals surface area contributed by atoms with Crippen molar-refractivity contribution in [2.75, 3.05) is 13.2 Å². The lowest BCUT2D eigenvalue weighted by molar-refractivity contribution is -0.139. The Bertz CT molecular complexity index is 1060. The molecule has 0 atom stereocenters. The zero-order valence-corrected chi connectivity index (χ0v) is 23.1. The van der Waals surface area contributed by atoms with E-state index in [4.69, 9.17) is 14.2 Å². The van der Waals surface area contributed by atoms with Crippen molar-refractivity contribution in [2.24, 2.45) is 0 Å². The van der Waals surface area contributed by atoms with E-state index in [1.54, 1.807) is 27.7 Å². The number of aromatic nitrogens is 2. The van der Waals surface area contributed by atoms with Gasteiger partial charge in [0.2, 0.25) is 11.8 Å². The molecule has 0 fully saturated rings. The Kier molecular flexibility index (Phi) is 10.8. The standard InChI is InChI=1S/C25H31BrF6N2O4/c1-22(2,35)7-5-9-37-21-12-16(24(27,28)29)11-17(34-21)15-38-23(3,4)8-6-10-36-20-13-18(25(30,31)32)19(26)14-33-20/h11-14,35H,5-10,15H2,1-4H3. The number of rotatable bonds is 13. The number of pyridine rings is 2. The summed E-state index contributed by atoms with van der Waals surface area (Å²) in [5.74, 6) is -0.372. The Hall–Kier alpha value is -2.12. The molecule has 0 aliphatic carbocycles. The molecular formula is C25H31BrF6N2O4.